The Morgan fingerprint density at radius 2 is 2.05 bits per heavy atom. The van der Waals surface area contributed by atoms with Crippen molar-refractivity contribution in [2.24, 2.45) is 5.92 Å². The summed E-state index contributed by atoms with van der Waals surface area (Å²) < 4.78 is 5.83. The van der Waals surface area contributed by atoms with Crippen LogP contribution >= 0.6 is 0 Å². The molecule has 4 heteroatoms. The number of aliphatic carboxylic acids is 1. The van der Waals surface area contributed by atoms with Gasteiger partial charge in [0.15, 0.2) is 0 Å². The van der Waals surface area contributed by atoms with Crippen LogP contribution in [0.2, 0.25) is 0 Å². The molecular formula is C17H25NO3. The van der Waals surface area contributed by atoms with Crippen LogP contribution in [0.25, 0.3) is 0 Å². The summed E-state index contributed by atoms with van der Waals surface area (Å²) in [7, 11) is 1.75. The smallest absolute Gasteiger partial charge is 0.324 e. The number of carboxylic acid groups (broad SMARTS) is 1. The molecule has 0 heterocycles. The van der Waals surface area contributed by atoms with Crippen LogP contribution in [-0.2, 0) is 4.79 Å². The molecule has 4 nitrogen and oxygen atoms in total. The van der Waals surface area contributed by atoms with Crippen LogP contribution in [0.4, 0.5) is 0 Å². The largest absolute Gasteiger partial charge is 0.494 e. The lowest BCUT2D eigenvalue weighted by atomic mass is 9.85. The molecule has 1 aromatic carbocycles. The highest BCUT2D eigenvalue weighted by Gasteiger charge is 2.47. The third kappa shape index (κ3) is 3.38. The molecule has 2 rings (SSSR count). The van der Waals surface area contributed by atoms with Crippen molar-refractivity contribution >= 4 is 5.97 Å². The molecule has 116 valence electrons. The van der Waals surface area contributed by atoms with Gasteiger partial charge in [-0.1, -0.05) is 12.5 Å². The molecule has 1 aliphatic carbocycles. The van der Waals surface area contributed by atoms with Gasteiger partial charge < -0.3 is 15.2 Å². The van der Waals surface area contributed by atoms with Gasteiger partial charge in [-0.3, -0.25) is 4.79 Å². The van der Waals surface area contributed by atoms with Gasteiger partial charge >= 0.3 is 5.97 Å². The average Bonchev–Trinajstić information content (AvgIpc) is 2.82. The molecule has 2 atom stereocenters. The number of hydrogen-bond acceptors (Lipinski definition) is 3. The second kappa shape index (κ2) is 6.48. The summed E-state index contributed by atoms with van der Waals surface area (Å²) in [5.41, 5.74) is 1.59. The summed E-state index contributed by atoms with van der Waals surface area (Å²) in [6.45, 7) is 4.66. The van der Waals surface area contributed by atoms with Gasteiger partial charge in [-0.15, -0.1) is 0 Å². The maximum atomic E-state index is 11.6. The van der Waals surface area contributed by atoms with Gasteiger partial charge in [-0.05, 0) is 69.3 Å². The second-order valence-corrected chi connectivity index (χ2v) is 6.08. The highest BCUT2D eigenvalue weighted by Crippen LogP contribution is 2.38. The Kier molecular flexibility index (Phi) is 4.88. The van der Waals surface area contributed by atoms with Crippen molar-refractivity contribution in [3.05, 3.63) is 29.3 Å². The molecule has 2 N–H and O–H groups in total. The fourth-order valence-corrected chi connectivity index (χ4v) is 3.52. The topological polar surface area (TPSA) is 58.6 Å². The summed E-state index contributed by atoms with van der Waals surface area (Å²) in [4.78, 5) is 11.6. The van der Waals surface area contributed by atoms with E-state index < -0.39 is 11.5 Å². The minimum atomic E-state index is -0.772. The van der Waals surface area contributed by atoms with Crippen molar-refractivity contribution in [2.45, 2.75) is 45.1 Å². The van der Waals surface area contributed by atoms with E-state index in [0.29, 0.717) is 13.0 Å². The molecule has 0 bridgehead atoms. The molecule has 0 saturated heterocycles. The highest BCUT2D eigenvalue weighted by molar-refractivity contribution is 5.79. The first-order valence-corrected chi connectivity index (χ1v) is 7.61. The van der Waals surface area contributed by atoms with Crippen molar-refractivity contribution in [3.63, 3.8) is 0 Å². The van der Waals surface area contributed by atoms with Gasteiger partial charge in [0.1, 0.15) is 11.3 Å². The van der Waals surface area contributed by atoms with Crippen LogP contribution < -0.4 is 10.1 Å². The molecule has 0 amide bonds. The molecule has 21 heavy (non-hydrogen) atoms. The molecule has 0 aliphatic heterocycles. The fourth-order valence-electron chi connectivity index (χ4n) is 3.52. The van der Waals surface area contributed by atoms with Crippen molar-refractivity contribution in [1.29, 1.82) is 0 Å². The van der Waals surface area contributed by atoms with E-state index in [4.69, 9.17) is 4.74 Å². The standard InChI is InChI=1S/C17H25NO3/c1-12-9-13(2)11-15(10-12)21-8-6-14-5-4-7-17(14,18-3)16(19)20/h9-11,14,18H,4-8H2,1-3H3,(H,19,20). The van der Waals surface area contributed by atoms with Crippen molar-refractivity contribution in [3.8, 4) is 5.75 Å². The Bertz CT molecular complexity index is 495. The first-order valence-electron chi connectivity index (χ1n) is 7.61. The Morgan fingerprint density at radius 1 is 1.38 bits per heavy atom. The van der Waals surface area contributed by atoms with Gasteiger partial charge in [0.05, 0.1) is 6.61 Å². The Morgan fingerprint density at radius 3 is 2.62 bits per heavy atom. The monoisotopic (exact) mass is 291 g/mol. The third-order valence-corrected chi connectivity index (χ3v) is 4.58. The molecule has 1 aromatic rings. The van der Waals surface area contributed by atoms with Crippen LogP contribution in [0.15, 0.2) is 18.2 Å². The third-order valence-electron chi connectivity index (χ3n) is 4.58. The van der Waals surface area contributed by atoms with Crippen molar-refractivity contribution in [2.75, 3.05) is 13.7 Å². The van der Waals surface area contributed by atoms with E-state index in [1.54, 1.807) is 7.05 Å². The van der Waals surface area contributed by atoms with Crippen LogP contribution in [0.1, 0.15) is 36.8 Å². The van der Waals surface area contributed by atoms with Gasteiger partial charge in [0, 0.05) is 0 Å². The molecule has 0 aromatic heterocycles. The average molecular weight is 291 g/mol. The molecule has 0 radical (unpaired) electrons. The number of benzene rings is 1. The van der Waals surface area contributed by atoms with E-state index >= 15 is 0 Å². The quantitative estimate of drug-likeness (QED) is 0.846. The minimum Gasteiger partial charge on any atom is -0.494 e. The van der Waals surface area contributed by atoms with Crippen LogP contribution in [-0.4, -0.2) is 30.3 Å². The van der Waals surface area contributed by atoms with Gasteiger partial charge in [-0.25, -0.2) is 0 Å². The highest BCUT2D eigenvalue weighted by atomic mass is 16.5. The first-order chi connectivity index (χ1) is 9.98. The fraction of sp³-hybridized carbons (Fsp3) is 0.588. The lowest BCUT2D eigenvalue weighted by Crippen LogP contribution is -2.53. The van der Waals surface area contributed by atoms with E-state index in [0.717, 1.165) is 25.0 Å². The molecule has 0 spiro atoms. The maximum absolute atomic E-state index is 11.6. The van der Waals surface area contributed by atoms with E-state index in [2.05, 4.69) is 11.4 Å². The summed E-state index contributed by atoms with van der Waals surface area (Å²) in [5.74, 6) is 0.265. The number of ether oxygens (including phenoxy) is 1. The number of hydrogen-bond donors (Lipinski definition) is 2. The summed E-state index contributed by atoms with van der Waals surface area (Å²) in [6.07, 6.45) is 3.37. The number of carboxylic acids is 1. The normalized spacial score (nSPS) is 25.0. The minimum absolute atomic E-state index is 0.130. The Balaban J connectivity index is 1.95. The van der Waals surface area contributed by atoms with Crippen molar-refractivity contribution in [1.82, 2.24) is 5.32 Å². The van der Waals surface area contributed by atoms with Crippen LogP contribution in [0, 0.1) is 19.8 Å². The predicted octanol–water partition coefficient (Wildman–Crippen LogP) is 2.92. The number of likely N-dealkylation sites (N-methyl/N-ethyl adjacent to an activating group) is 1. The van der Waals surface area contributed by atoms with Gasteiger partial charge in [0.2, 0.25) is 0 Å². The lowest BCUT2D eigenvalue weighted by Gasteiger charge is -2.31. The van der Waals surface area contributed by atoms with Crippen LogP contribution in [0.5, 0.6) is 5.75 Å². The van der Waals surface area contributed by atoms with Crippen molar-refractivity contribution < 1.29 is 14.6 Å². The molecular weight excluding hydrogens is 266 g/mol. The molecule has 2 unspecified atom stereocenters. The molecule has 1 fully saturated rings. The zero-order valence-corrected chi connectivity index (χ0v) is 13.1. The first kappa shape index (κ1) is 15.8. The lowest BCUT2D eigenvalue weighted by molar-refractivity contribution is -0.146. The molecule has 1 aliphatic rings. The van der Waals surface area contributed by atoms with E-state index in [9.17, 15) is 9.90 Å². The number of rotatable bonds is 6. The summed E-state index contributed by atoms with van der Waals surface area (Å²) in [6, 6.07) is 6.15. The van der Waals surface area contributed by atoms with Crippen LogP contribution in [0.3, 0.4) is 0 Å². The van der Waals surface area contributed by atoms with Gasteiger partial charge in [0.25, 0.3) is 0 Å². The van der Waals surface area contributed by atoms with Gasteiger partial charge in [-0.2, -0.15) is 0 Å². The maximum Gasteiger partial charge on any atom is 0.324 e. The number of carbonyl (C=O) groups is 1. The Labute approximate surface area is 126 Å². The second-order valence-electron chi connectivity index (χ2n) is 6.08. The van der Waals surface area contributed by atoms with E-state index in [-0.39, 0.29) is 5.92 Å². The van der Waals surface area contributed by atoms with E-state index in [1.807, 2.05) is 26.0 Å². The SMILES string of the molecule is CNC1(C(=O)O)CCCC1CCOc1cc(C)cc(C)c1. The molecule has 1 saturated carbocycles. The van der Waals surface area contributed by atoms with E-state index in [1.165, 1.54) is 11.1 Å². The summed E-state index contributed by atoms with van der Waals surface area (Å²) in [5, 5.41) is 12.6. The predicted molar refractivity (Wildman–Crippen MR) is 82.8 cm³/mol. The number of nitrogens with one attached hydrogen (secondary N) is 1. The zero-order valence-electron chi connectivity index (χ0n) is 13.1. The zero-order chi connectivity index (χ0) is 15.5. The Hall–Kier alpha value is -1.55. The summed E-state index contributed by atoms with van der Waals surface area (Å²) >= 11 is 0. The number of aryl methyl sites for hydroxylation is 2.